The average Bonchev–Trinajstić information content (AvgIpc) is 2.46. The van der Waals surface area contributed by atoms with Gasteiger partial charge in [0.2, 0.25) is 0 Å². The smallest absolute Gasteiger partial charge is 0.251 e. The second-order valence-corrected chi connectivity index (χ2v) is 5.82. The first-order valence-electron chi connectivity index (χ1n) is 7.53. The van der Waals surface area contributed by atoms with Gasteiger partial charge in [-0.15, -0.1) is 0 Å². The normalized spacial score (nSPS) is 11.8. The third-order valence-corrected chi connectivity index (χ3v) is 3.53. The van der Waals surface area contributed by atoms with Gasteiger partial charge in [0.25, 0.3) is 5.91 Å². The van der Waals surface area contributed by atoms with E-state index in [0.717, 1.165) is 16.9 Å². The van der Waals surface area contributed by atoms with E-state index in [9.17, 15) is 4.79 Å². The van der Waals surface area contributed by atoms with Crippen molar-refractivity contribution in [3.8, 4) is 5.75 Å². The summed E-state index contributed by atoms with van der Waals surface area (Å²) in [4.78, 5) is 12.3. The summed E-state index contributed by atoms with van der Waals surface area (Å²) in [5, 5.41) is 2.97. The van der Waals surface area contributed by atoms with Crippen LogP contribution in [0.5, 0.6) is 5.75 Å². The van der Waals surface area contributed by atoms with Crippen molar-refractivity contribution >= 4 is 5.91 Å². The summed E-state index contributed by atoms with van der Waals surface area (Å²) in [6.07, 6.45) is 0. The van der Waals surface area contributed by atoms with Crippen LogP contribution in [-0.2, 0) is 0 Å². The van der Waals surface area contributed by atoms with Crippen LogP contribution in [0.25, 0.3) is 0 Å². The van der Waals surface area contributed by atoms with Gasteiger partial charge in [0, 0.05) is 5.56 Å². The molecule has 0 saturated carbocycles. The van der Waals surface area contributed by atoms with Crippen LogP contribution in [0.4, 0.5) is 0 Å². The second kappa shape index (κ2) is 7.12. The molecule has 0 radical (unpaired) electrons. The predicted octanol–water partition coefficient (Wildman–Crippen LogP) is 3.81. The van der Waals surface area contributed by atoms with E-state index in [0.29, 0.717) is 12.2 Å². The summed E-state index contributed by atoms with van der Waals surface area (Å²) in [5.74, 6) is 0.760. The third-order valence-electron chi connectivity index (χ3n) is 3.53. The molecule has 3 nitrogen and oxygen atoms in total. The van der Waals surface area contributed by atoms with Crippen LogP contribution < -0.4 is 10.1 Å². The van der Waals surface area contributed by atoms with E-state index in [1.54, 1.807) is 0 Å². The Kier molecular flexibility index (Phi) is 5.21. The highest BCUT2D eigenvalue weighted by Gasteiger charge is 2.12. The van der Waals surface area contributed by atoms with E-state index in [2.05, 4.69) is 5.32 Å². The zero-order valence-corrected chi connectivity index (χ0v) is 13.6. The number of hydrogen-bond donors (Lipinski definition) is 1. The minimum absolute atomic E-state index is 0.0579. The number of rotatable bonds is 5. The van der Waals surface area contributed by atoms with Crippen molar-refractivity contribution in [1.82, 2.24) is 5.32 Å². The van der Waals surface area contributed by atoms with Gasteiger partial charge >= 0.3 is 0 Å². The quantitative estimate of drug-likeness (QED) is 0.911. The lowest BCUT2D eigenvalue weighted by molar-refractivity contribution is 0.0926. The molecular weight excluding hydrogens is 274 g/mol. The molecule has 1 atom stereocenters. The van der Waals surface area contributed by atoms with Crippen LogP contribution in [0.2, 0.25) is 0 Å². The number of hydrogen-bond acceptors (Lipinski definition) is 2. The van der Waals surface area contributed by atoms with Crippen LogP contribution in [-0.4, -0.2) is 18.6 Å². The average molecular weight is 297 g/mol. The lowest BCUT2D eigenvalue weighted by Gasteiger charge is -2.16. The van der Waals surface area contributed by atoms with E-state index in [1.165, 1.54) is 5.56 Å². The molecule has 0 spiro atoms. The van der Waals surface area contributed by atoms with Gasteiger partial charge in [-0.1, -0.05) is 35.4 Å². The highest BCUT2D eigenvalue weighted by molar-refractivity contribution is 5.95. The predicted molar refractivity (Wildman–Crippen MR) is 89.5 cm³/mol. The zero-order valence-electron chi connectivity index (χ0n) is 13.6. The molecule has 0 aliphatic rings. The highest BCUT2D eigenvalue weighted by Crippen LogP contribution is 2.13. The maximum atomic E-state index is 12.3. The number of benzene rings is 2. The molecule has 22 heavy (non-hydrogen) atoms. The Bertz CT molecular complexity index is 647. The summed E-state index contributed by atoms with van der Waals surface area (Å²) in [6.45, 7) is 8.40. The van der Waals surface area contributed by atoms with Gasteiger partial charge in [0.05, 0.1) is 6.04 Å². The van der Waals surface area contributed by atoms with Gasteiger partial charge in [-0.25, -0.2) is 0 Å². The Morgan fingerprint density at radius 2 is 1.68 bits per heavy atom. The first-order chi connectivity index (χ1) is 10.5. The van der Waals surface area contributed by atoms with Crippen LogP contribution in [0.1, 0.15) is 34.0 Å². The molecule has 1 amide bonds. The highest BCUT2D eigenvalue weighted by atomic mass is 16.5. The molecule has 3 heteroatoms. The minimum atomic E-state index is -0.0606. The maximum Gasteiger partial charge on any atom is 0.251 e. The summed E-state index contributed by atoms with van der Waals surface area (Å²) in [5.41, 5.74) is 4.06. The number of aryl methyl sites for hydroxylation is 3. The fraction of sp³-hybridized carbons (Fsp3) is 0.316. The lowest BCUT2D eigenvalue weighted by Crippen LogP contribution is -2.37. The van der Waals surface area contributed by atoms with Gasteiger partial charge in [-0.2, -0.15) is 0 Å². The lowest BCUT2D eigenvalue weighted by atomic mass is 10.1. The summed E-state index contributed by atoms with van der Waals surface area (Å²) in [7, 11) is 0. The molecule has 0 saturated heterocycles. The van der Waals surface area contributed by atoms with Gasteiger partial charge in [-0.05, 0) is 51.5 Å². The van der Waals surface area contributed by atoms with Crippen LogP contribution in [0.3, 0.4) is 0 Å². The first-order valence-corrected chi connectivity index (χ1v) is 7.53. The van der Waals surface area contributed by atoms with Crippen LogP contribution in [0.15, 0.2) is 42.5 Å². The van der Waals surface area contributed by atoms with Crippen molar-refractivity contribution in [2.75, 3.05) is 6.61 Å². The summed E-state index contributed by atoms with van der Waals surface area (Å²) < 4.78 is 5.69. The van der Waals surface area contributed by atoms with Crippen molar-refractivity contribution in [1.29, 1.82) is 0 Å². The molecule has 2 aromatic carbocycles. The Balaban J connectivity index is 1.89. The fourth-order valence-corrected chi connectivity index (χ4v) is 2.27. The van der Waals surface area contributed by atoms with E-state index < -0.39 is 0 Å². The molecule has 0 bridgehead atoms. The van der Waals surface area contributed by atoms with Crippen LogP contribution >= 0.6 is 0 Å². The molecule has 2 rings (SSSR count). The molecule has 0 aliphatic heterocycles. The Morgan fingerprint density at radius 1 is 1.05 bits per heavy atom. The number of amides is 1. The SMILES string of the molecule is Cc1ccc(OC[C@H](C)NC(=O)c2ccc(C)cc2C)cc1. The van der Waals surface area contributed by atoms with E-state index in [-0.39, 0.29) is 11.9 Å². The van der Waals surface area contributed by atoms with Crippen molar-refractivity contribution in [3.05, 3.63) is 64.7 Å². The maximum absolute atomic E-state index is 12.3. The summed E-state index contributed by atoms with van der Waals surface area (Å²) in [6, 6.07) is 13.7. The standard InChI is InChI=1S/C19H23NO2/c1-13-5-8-17(9-6-13)22-12-16(4)20-19(21)18-10-7-14(2)11-15(18)3/h5-11,16H,12H2,1-4H3,(H,20,21)/t16-/m0/s1. The molecule has 0 unspecified atom stereocenters. The number of nitrogens with one attached hydrogen (secondary N) is 1. The van der Waals surface area contributed by atoms with Crippen molar-refractivity contribution in [2.45, 2.75) is 33.7 Å². The largest absolute Gasteiger partial charge is 0.491 e. The molecular formula is C19H23NO2. The van der Waals surface area contributed by atoms with Crippen molar-refractivity contribution in [2.24, 2.45) is 0 Å². The zero-order chi connectivity index (χ0) is 16.1. The number of carbonyl (C=O) groups excluding carboxylic acids is 1. The topological polar surface area (TPSA) is 38.3 Å². The van der Waals surface area contributed by atoms with Crippen molar-refractivity contribution in [3.63, 3.8) is 0 Å². The number of carbonyl (C=O) groups is 1. The molecule has 0 fully saturated rings. The Hall–Kier alpha value is -2.29. The second-order valence-electron chi connectivity index (χ2n) is 5.82. The fourth-order valence-electron chi connectivity index (χ4n) is 2.27. The number of ether oxygens (including phenoxy) is 1. The monoisotopic (exact) mass is 297 g/mol. The van der Waals surface area contributed by atoms with Crippen molar-refractivity contribution < 1.29 is 9.53 Å². The minimum Gasteiger partial charge on any atom is -0.491 e. The van der Waals surface area contributed by atoms with E-state index >= 15 is 0 Å². The first kappa shape index (κ1) is 16.1. The van der Waals surface area contributed by atoms with Gasteiger partial charge in [0.15, 0.2) is 0 Å². The van der Waals surface area contributed by atoms with Gasteiger partial charge in [0.1, 0.15) is 12.4 Å². The van der Waals surface area contributed by atoms with E-state index in [1.807, 2.05) is 70.2 Å². The third kappa shape index (κ3) is 4.35. The molecule has 0 aliphatic carbocycles. The van der Waals surface area contributed by atoms with Crippen LogP contribution in [0, 0.1) is 20.8 Å². The molecule has 2 aromatic rings. The van der Waals surface area contributed by atoms with E-state index in [4.69, 9.17) is 4.74 Å². The molecule has 116 valence electrons. The molecule has 0 heterocycles. The summed E-state index contributed by atoms with van der Waals surface area (Å²) >= 11 is 0. The van der Waals surface area contributed by atoms with Gasteiger partial charge in [-0.3, -0.25) is 4.79 Å². The Labute approximate surface area is 132 Å². The molecule has 1 N–H and O–H groups in total. The molecule has 0 aromatic heterocycles. The van der Waals surface area contributed by atoms with Gasteiger partial charge < -0.3 is 10.1 Å². The Morgan fingerprint density at radius 3 is 2.32 bits per heavy atom.